The maximum atomic E-state index is 14.8. The highest BCUT2D eigenvalue weighted by Gasteiger charge is 2.24. The number of carbonyl (C=O) groups is 3. The van der Waals surface area contributed by atoms with E-state index in [1.54, 1.807) is 48.5 Å². The smallest absolute Gasteiger partial charge is 0.272 e. The Morgan fingerprint density at radius 2 is 1.65 bits per heavy atom. The van der Waals surface area contributed by atoms with Gasteiger partial charge >= 0.3 is 0 Å². The molecular formula is C39H30ClFN4O4S2. The molecule has 0 saturated heterocycles. The van der Waals surface area contributed by atoms with Gasteiger partial charge in [-0.15, -0.1) is 11.8 Å². The predicted molar refractivity (Wildman–Crippen MR) is 203 cm³/mol. The highest BCUT2D eigenvalue weighted by Crippen LogP contribution is 2.38. The van der Waals surface area contributed by atoms with E-state index in [4.69, 9.17) is 16.3 Å². The van der Waals surface area contributed by atoms with Crippen molar-refractivity contribution in [1.82, 2.24) is 10.3 Å². The fraction of sp³-hybridized carbons (Fsp3) is 0.0769. The summed E-state index contributed by atoms with van der Waals surface area (Å²) < 4.78 is 21.2. The van der Waals surface area contributed by atoms with Crippen LogP contribution in [0.15, 0.2) is 132 Å². The minimum Gasteiger partial charge on any atom is -0.494 e. The highest BCUT2D eigenvalue weighted by molar-refractivity contribution is 8.00. The molecule has 3 N–H and O–H groups in total. The minimum atomic E-state index is -0.707. The molecule has 256 valence electrons. The summed E-state index contributed by atoms with van der Waals surface area (Å²) in [4.78, 5) is 45.8. The van der Waals surface area contributed by atoms with E-state index < -0.39 is 22.9 Å². The maximum Gasteiger partial charge on any atom is 0.272 e. The average molecular weight is 737 g/mol. The summed E-state index contributed by atoms with van der Waals surface area (Å²) in [5.41, 5.74) is 1.93. The number of hydrogen-bond acceptors (Lipinski definition) is 7. The minimum absolute atomic E-state index is 0.0541. The molecular weight excluding hydrogens is 707 g/mol. The van der Waals surface area contributed by atoms with E-state index >= 15 is 0 Å². The van der Waals surface area contributed by atoms with Crippen molar-refractivity contribution >= 4 is 79.5 Å². The van der Waals surface area contributed by atoms with Crippen LogP contribution in [0.1, 0.15) is 33.7 Å². The number of carbonyl (C=O) groups excluding carboxylic acids is 3. The third-order valence-corrected chi connectivity index (χ3v) is 9.92. The molecule has 6 aromatic rings. The van der Waals surface area contributed by atoms with Gasteiger partial charge in [-0.1, -0.05) is 83.6 Å². The monoisotopic (exact) mass is 736 g/mol. The van der Waals surface area contributed by atoms with Crippen LogP contribution >= 0.6 is 34.7 Å². The van der Waals surface area contributed by atoms with Crippen LogP contribution in [-0.2, 0) is 9.59 Å². The number of thioether (sulfide) groups is 1. The Balaban J connectivity index is 1.24. The van der Waals surface area contributed by atoms with Gasteiger partial charge in [0.1, 0.15) is 22.5 Å². The van der Waals surface area contributed by atoms with E-state index in [-0.39, 0.29) is 22.2 Å². The number of hydrogen-bond donors (Lipinski definition) is 3. The van der Waals surface area contributed by atoms with Crippen molar-refractivity contribution in [3.05, 3.63) is 155 Å². The second-order valence-corrected chi connectivity index (χ2v) is 13.6. The lowest BCUT2D eigenvalue weighted by atomic mass is 10.1. The molecule has 3 amide bonds. The lowest BCUT2D eigenvalue weighted by molar-refractivity contribution is -0.116. The highest BCUT2D eigenvalue weighted by atomic mass is 35.5. The molecule has 5 aromatic carbocycles. The van der Waals surface area contributed by atoms with Crippen LogP contribution in [0.4, 0.5) is 15.2 Å². The largest absolute Gasteiger partial charge is 0.494 e. The van der Waals surface area contributed by atoms with Gasteiger partial charge in [-0.25, -0.2) is 9.37 Å². The van der Waals surface area contributed by atoms with Gasteiger partial charge in [0.2, 0.25) is 5.91 Å². The van der Waals surface area contributed by atoms with E-state index in [0.29, 0.717) is 27.9 Å². The Bertz CT molecular complexity index is 2210. The van der Waals surface area contributed by atoms with Gasteiger partial charge in [0.25, 0.3) is 11.8 Å². The molecule has 12 heteroatoms. The average Bonchev–Trinajstić information content (AvgIpc) is 3.54. The van der Waals surface area contributed by atoms with Crippen LogP contribution in [0.2, 0.25) is 5.02 Å². The van der Waals surface area contributed by atoms with Crippen molar-refractivity contribution in [1.29, 1.82) is 0 Å². The number of nitrogens with one attached hydrogen (secondary N) is 3. The second-order valence-electron chi connectivity index (χ2n) is 11.0. The van der Waals surface area contributed by atoms with Gasteiger partial charge in [-0.3, -0.25) is 14.4 Å². The topological polar surface area (TPSA) is 109 Å². The molecule has 6 rings (SSSR count). The number of thiazole rings is 1. The third kappa shape index (κ3) is 9.01. The van der Waals surface area contributed by atoms with Gasteiger partial charge in [0.05, 0.1) is 21.8 Å². The summed E-state index contributed by atoms with van der Waals surface area (Å²) in [6, 6.07) is 34.3. The van der Waals surface area contributed by atoms with Crippen molar-refractivity contribution < 1.29 is 23.5 Å². The fourth-order valence-electron chi connectivity index (χ4n) is 5.00. The summed E-state index contributed by atoms with van der Waals surface area (Å²) in [6.45, 7) is 2.46. The lowest BCUT2D eigenvalue weighted by Gasteiger charge is -2.17. The number of rotatable bonds is 12. The van der Waals surface area contributed by atoms with E-state index in [9.17, 15) is 18.8 Å². The van der Waals surface area contributed by atoms with Crippen LogP contribution in [0.3, 0.4) is 0 Å². The first-order valence-corrected chi connectivity index (χ1v) is 17.8. The molecule has 0 saturated carbocycles. The van der Waals surface area contributed by atoms with Gasteiger partial charge in [-0.2, -0.15) is 0 Å². The maximum absolute atomic E-state index is 14.8. The SMILES string of the molecule is CCOc1ccc2nc(NC(=O)C(Sc3cccc(NC(=O)/C(=C\c4c(F)cccc4Cl)NC(=O)c4ccccc4)c3)c3ccccc3)sc2c1. The number of amides is 3. The molecule has 0 aliphatic rings. The van der Waals surface area contributed by atoms with E-state index in [1.807, 2.05) is 61.5 Å². The zero-order chi connectivity index (χ0) is 35.7. The molecule has 1 aromatic heterocycles. The van der Waals surface area contributed by atoms with Crippen molar-refractivity contribution in [2.75, 3.05) is 17.2 Å². The molecule has 0 aliphatic heterocycles. The van der Waals surface area contributed by atoms with Crippen LogP contribution in [0.5, 0.6) is 5.75 Å². The summed E-state index contributed by atoms with van der Waals surface area (Å²) in [5.74, 6) is -1.48. The normalized spacial score (nSPS) is 11.9. The Morgan fingerprint density at radius 1 is 0.902 bits per heavy atom. The first kappa shape index (κ1) is 35.3. The molecule has 1 heterocycles. The summed E-state index contributed by atoms with van der Waals surface area (Å²) in [6.07, 6.45) is 1.20. The quantitative estimate of drug-likeness (QED) is 0.0854. The number of halogens is 2. The summed E-state index contributed by atoms with van der Waals surface area (Å²) in [5, 5.41) is 8.21. The van der Waals surface area contributed by atoms with Crippen molar-refractivity contribution in [3.63, 3.8) is 0 Å². The molecule has 0 fully saturated rings. The van der Waals surface area contributed by atoms with Crippen molar-refractivity contribution in [2.24, 2.45) is 0 Å². The fourth-order valence-corrected chi connectivity index (χ4v) is 7.20. The number of anilines is 2. The Morgan fingerprint density at radius 3 is 2.39 bits per heavy atom. The van der Waals surface area contributed by atoms with Gasteiger partial charge in [-0.05, 0) is 79.2 Å². The molecule has 0 radical (unpaired) electrons. The van der Waals surface area contributed by atoms with E-state index in [2.05, 4.69) is 20.9 Å². The summed E-state index contributed by atoms with van der Waals surface area (Å²) in [7, 11) is 0. The van der Waals surface area contributed by atoms with Gasteiger partial charge in [0.15, 0.2) is 5.13 Å². The van der Waals surface area contributed by atoms with Crippen molar-refractivity contribution in [3.8, 4) is 5.75 Å². The Labute approximate surface area is 306 Å². The molecule has 51 heavy (non-hydrogen) atoms. The molecule has 0 bridgehead atoms. The number of aromatic nitrogens is 1. The molecule has 0 aliphatic carbocycles. The standard InChI is InChI=1S/C39H30ClFN4O4S2/c1-2-49-27-19-20-32-34(22-27)51-39(44-32)45-38(48)35(24-11-5-3-6-12-24)50-28-16-9-15-26(21-28)42-37(47)33(23-29-30(40)17-10-18-31(29)41)43-36(46)25-13-7-4-8-14-25/h3-23,35H,2H2,1H3,(H,42,47)(H,43,46)(H,44,45,48)/b33-23+. The Hall–Kier alpha value is -5.49. The molecule has 0 spiro atoms. The first-order valence-electron chi connectivity index (χ1n) is 15.8. The molecule has 1 unspecified atom stereocenters. The van der Waals surface area contributed by atoms with Crippen LogP contribution < -0.4 is 20.7 Å². The summed E-state index contributed by atoms with van der Waals surface area (Å²) >= 11 is 8.90. The number of nitrogens with zero attached hydrogens (tertiary/aromatic N) is 1. The van der Waals surface area contributed by atoms with E-state index in [1.165, 1.54) is 47.4 Å². The van der Waals surface area contributed by atoms with Crippen LogP contribution in [-0.4, -0.2) is 29.3 Å². The zero-order valence-electron chi connectivity index (χ0n) is 27.1. The third-order valence-electron chi connectivity index (χ3n) is 7.40. The lowest BCUT2D eigenvalue weighted by Crippen LogP contribution is -2.30. The number of benzene rings is 5. The van der Waals surface area contributed by atoms with Crippen LogP contribution in [0.25, 0.3) is 16.3 Å². The zero-order valence-corrected chi connectivity index (χ0v) is 29.5. The molecule has 1 atom stereocenters. The molecule has 8 nitrogen and oxygen atoms in total. The number of fused-ring (bicyclic) bond motifs is 1. The van der Waals surface area contributed by atoms with Gasteiger partial charge < -0.3 is 20.7 Å². The Kier molecular flexibility index (Phi) is 11.4. The first-order chi connectivity index (χ1) is 24.8. The van der Waals surface area contributed by atoms with Crippen molar-refractivity contribution in [2.45, 2.75) is 17.1 Å². The predicted octanol–water partition coefficient (Wildman–Crippen LogP) is 9.37. The van der Waals surface area contributed by atoms with Gasteiger partial charge in [0, 0.05) is 21.7 Å². The van der Waals surface area contributed by atoms with Crippen LogP contribution in [0, 0.1) is 5.82 Å². The van der Waals surface area contributed by atoms with E-state index in [0.717, 1.165) is 21.5 Å². The second kappa shape index (κ2) is 16.5. The number of ether oxygens (including phenoxy) is 1.